The Balaban J connectivity index is 1.78. The van der Waals surface area contributed by atoms with Crippen LogP contribution in [0.1, 0.15) is 32.1 Å². The van der Waals surface area contributed by atoms with Crippen molar-refractivity contribution in [3.63, 3.8) is 0 Å². The molecule has 0 heterocycles. The van der Waals surface area contributed by atoms with E-state index in [1.807, 2.05) is 6.07 Å². The summed E-state index contributed by atoms with van der Waals surface area (Å²) in [4.78, 5) is 25.6. The van der Waals surface area contributed by atoms with Crippen molar-refractivity contribution in [2.45, 2.75) is 38.1 Å². The van der Waals surface area contributed by atoms with E-state index in [4.69, 9.17) is 34.8 Å². The number of para-hydroxylation sites is 1. The van der Waals surface area contributed by atoms with E-state index in [0.717, 1.165) is 43.9 Å². The Morgan fingerprint density at radius 3 is 2.24 bits per heavy atom. The number of carbonyl (C=O) groups excluding carboxylic acids is 2. The first-order chi connectivity index (χ1) is 16.4. The molecule has 6 nitrogen and oxygen atoms in total. The number of hydrogen-bond acceptors (Lipinski definition) is 5. The Hall–Kier alpha value is -2.37. The molecule has 34 heavy (non-hydrogen) atoms. The van der Waals surface area contributed by atoms with Gasteiger partial charge >= 0.3 is 0 Å². The van der Waals surface area contributed by atoms with Gasteiger partial charge in [0.1, 0.15) is 11.6 Å². The minimum absolute atomic E-state index is 0.0389. The molecule has 0 unspecified atom stereocenters. The van der Waals surface area contributed by atoms with Gasteiger partial charge in [0.2, 0.25) is 5.91 Å². The Morgan fingerprint density at radius 2 is 1.62 bits per heavy atom. The van der Waals surface area contributed by atoms with Crippen molar-refractivity contribution < 1.29 is 9.59 Å². The molecule has 0 aliphatic heterocycles. The van der Waals surface area contributed by atoms with Crippen LogP contribution in [0, 0.1) is 11.3 Å². The van der Waals surface area contributed by atoms with Gasteiger partial charge in [-0.05, 0) is 49.2 Å². The van der Waals surface area contributed by atoms with Crippen LogP contribution in [0.4, 0.5) is 11.4 Å². The third-order valence-electron chi connectivity index (χ3n) is 5.18. The number of amides is 2. The number of nitriles is 1. The van der Waals surface area contributed by atoms with E-state index in [-0.39, 0.29) is 28.3 Å². The fourth-order valence-corrected chi connectivity index (χ4v) is 4.91. The minimum Gasteiger partial charge on any atom is -0.349 e. The molecule has 2 aromatic carbocycles. The summed E-state index contributed by atoms with van der Waals surface area (Å²) >= 11 is 19.3. The number of hydrogen-bond donors (Lipinski definition) is 3. The third-order valence-corrected chi connectivity index (χ3v) is 7.07. The number of thioether (sulfide) groups is 1. The monoisotopic (exact) mass is 536 g/mol. The predicted molar refractivity (Wildman–Crippen MR) is 140 cm³/mol. The first-order valence-corrected chi connectivity index (χ1v) is 12.8. The molecule has 10 heteroatoms. The molecule has 1 saturated carbocycles. The molecule has 3 rings (SSSR count). The van der Waals surface area contributed by atoms with Gasteiger partial charge in [-0.3, -0.25) is 9.59 Å². The van der Waals surface area contributed by atoms with Crippen molar-refractivity contribution in [1.29, 1.82) is 5.26 Å². The van der Waals surface area contributed by atoms with Crippen molar-refractivity contribution in [3.05, 3.63) is 68.1 Å². The fraction of sp³-hybridized carbons (Fsp3) is 0.292. The van der Waals surface area contributed by atoms with E-state index in [1.165, 1.54) is 0 Å². The number of benzene rings is 2. The van der Waals surface area contributed by atoms with Crippen LogP contribution in [0.25, 0.3) is 0 Å². The highest BCUT2D eigenvalue weighted by Crippen LogP contribution is 2.31. The maximum Gasteiger partial charge on any atom is 0.264 e. The summed E-state index contributed by atoms with van der Waals surface area (Å²) in [5.74, 6) is -0.937. The van der Waals surface area contributed by atoms with Gasteiger partial charge in [0, 0.05) is 16.8 Å². The molecule has 1 aliphatic carbocycles. The highest BCUT2D eigenvalue weighted by Gasteiger charge is 2.22. The maximum atomic E-state index is 13.0. The second-order valence-corrected chi connectivity index (χ2v) is 9.93. The van der Waals surface area contributed by atoms with Crippen LogP contribution in [-0.2, 0) is 9.59 Å². The first-order valence-electron chi connectivity index (χ1n) is 10.7. The Morgan fingerprint density at radius 1 is 0.971 bits per heavy atom. The van der Waals surface area contributed by atoms with Crippen LogP contribution in [0.3, 0.4) is 0 Å². The summed E-state index contributed by atoms with van der Waals surface area (Å²) in [7, 11) is 0. The van der Waals surface area contributed by atoms with Crippen LogP contribution in [0.15, 0.2) is 53.1 Å². The van der Waals surface area contributed by atoms with E-state index in [2.05, 4.69) is 16.0 Å². The van der Waals surface area contributed by atoms with Gasteiger partial charge in [0.15, 0.2) is 0 Å². The summed E-state index contributed by atoms with van der Waals surface area (Å²) in [5, 5.41) is 20.0. The van der Waals surface area contributed by atoms with Crippen molar-refractivity contribution in [2.75, 3.05) is 16.4 Å². The molecule has 2 amide bonds. The van der Waals surface area contributed by atoms with E-state index in [9.17, 15) is 14.9 Å². The zero-order chi connectivity index (χ0) is 24.5. The molecule has 178 valence electrons. The largest absolute Gasteiger partial charge is 0.349 e. The molecule has 0 aromatic heterocycles. The Bertz CT molecular complexity index is 1090. The number of anilines is 2. The fourth-order valence-electron chi connectivity index (χ4n) is 3.47. The minimum atomic E-state index is -0.465. The maximum absolute atomic E-state index is 13.0. The molecule has 2 aromatic rings. The predicted octanol–water partition coefficient (Wildman–Crippen LogP) is 6.61. The van der Waals surface area contributed by atoms with Gasteiger partial charge in [-0.15, -0.1) is 0 Å². The normalized spacial score (nSPS) is 14.5. The number of nitrogens with one attached hydrogen (secondary N) is 3. The van der Waals surface area contributed by atoms with Crippen LogP contribution >= 0.6 is 46.6 Å². The molecule has 0 bridgehead atoms. The first kappa shape index (κ1) is 26.2. The quantitative estimate of drug-likeness (QED) is 0.260. The van der Waals surface area contributed by atoms with Crippen molar-refractivity contribution >= 4 is 69.8 Å². The Kier molecular flexibility index (Phi) is 9.97. The number of nitrogens with zero attached hydrogens (tertiary/aromatic N) is 1. The number of carbonyl (C=O) groups is 2. The van der Waals surface area contributed by atoms with Crippen molar-refractivity contribution in [3.8, 4) is 6.07 Å². The molecule has 3 N–H and O–H groups in total. The molecule has 1 aliphatic rings. The van der Waals surface area contributed by atoms with Gasteiger partial charge < -0.3 is 16.0 Å². The lowest BCUT2D eigenvalue weighted by Crippen LogP contribution is -2.37. The van der Waals surface area contributed by atoms with E-state index >= 15 is 0 Å². The second-order valence-electron chi connectivity index (χ2n) is 7.69. The van der Waals surface area contributed by atoms with Crippen LogP contribution in [0.5, 0.6) is 0 Å². The van der Waals surface area contributed by atoms with Gasteiger partial charge in [-0.1, -0.05) is 71.9 Å². The molecule has 0 saturated heterocycles. The summed E-state index contributed by atoms with van der Waals surface area (Å²) in [5.41, 5.74) is 0.844. The van der Waals surface area contributed by atoms with Crippen molar-refractivity contribution in [1.82, 2.24) is 5.32 Å². The smallest absolute Gasteiger partial charge is 0.264 e. The average molecular weight is 538 g/mol. The van der Waals surface area contributed by atoms with E-state index in [1.54, 1.807) is 42.5 Å². The van der Waals surface area contributed by atoms with Gasteiger partial charge in [-0.2, -0.15) is 5.26 Å². The standard InChI is InChI=1S/C24H23Cl3N4O2S/c25-15-9-11-17(12-10-15)30-24(18(13-28)23(33)29-16-5-2-1-3-6-16)34-14-21(32)31-22-19(26)7-4-8-20(22)27/h4,7-12,16,30H,1-3,5-6,14H2,(H,29,33)(H,31,32)/b24-18+. The van der Waals surface area contributed by atoms with Gasteiger partial charge in [-0.25, -0.2) is 0 Å². The topological polar surface area (TPSA) is 94.0 Å². The van der Waals surface area contributed by atoms with Gasteiger partial charge in [0.25, 0.3) is 5.91 Å². The molecular weight excluding hydrogens is 515 g/mol. The summed E-state index contributed by atoms with van der Waals surface area (Å²) in [6, 6.07) is 13.8. The lowest BCUT2D eigenvalue weighted by Gasteiger charge is -2.23. The third kappa shape index (κ3) is 7.57. The summed E-state index contributed by atoms with van der Waals surface area (Å²) < 4.78 is 0. The van der Waals surface area contributed by atoms with Crippen molar-refractivity contribution in [2.24, 2.45) is 0 Å². The van der Waals surface area contributed by atoms with E-state index in [0.29, 0.717) is 26.4 Å². The highest BCUT2D eigenvalue weighted by atomic mass is 35.5. The molecule has 0 radical (unpaired) electrons. The van der Waals surface area contributed by atoms with Crippen LogP contribution in [0.2, 0.25) is 15.1 Å². The zero-order valence-corrected chi connectivity index (χ0v) is 21.3. The number of rotatable bonds is 8. The molecule has 1 fully saturated rings. The molecule has 0 spiro atoms. The summed E-state index contributed by atoms with van der Waals surface area (Å²) in [6.07, 6.45) is 5.02. The zero-order valence-electron chi connectivity index (χ0n) is 18.2. The molecular formula is C24H23Cl3N4O2S. The average Bonchev–Trinajstić information content (AvgIpc) is 2.82. The number of halogens is 3. The Labute approximate surface area is 218 Å². The lowest BCUT2D eigenvalue weighted by atomic mass is 9.95. The second kappa shape index (κ2) is 12.9. The lowest BCUT2D eigenvalue weighted by molar-refractivity contribution is -0.118. The highest BCUT2D eigenvalue weighted by molar-refractivity contribution is 8.03. The SMILES string of the molecule is N#C/C(C(=O)NC1CCCCC1)=C(/Nc1ccc(Cl)cc1)SCC(=O)Nc1c(Cl)cccc1Cl. The molecule has 0 atom stereocenters. The van der Waals surface area contributed by atoms with Crippen LogP contribution < -0.4 is 16.0 Å². The van der Waals surface area contributed by atoms with Gasteiger partial charge in [0.05, 0.1) is 26.5 Å². The summed E-state index contributed by atoms with van der Waals surface area (Å²) in [6.45, 7) is 0. The van der Waals surface area contributed by atoms with E-state index < -0.39 is 5.91 Å². The van der Waals surface area contributed by atoms with Crippen LogP contribution in [-0.4, -0.2) is 23.6 Å².